The molecule has 0 saturated carbocycles. The van der Waals surface area contributed by atoms with Crippen LogP contribution in [0.15, 0.2) is 18.2 Å². The van der Waals surface area contributed by atoms with Gasteiger partial charge in [-0.05, 0) is 30.5 Å². The third kappa shape index (κ3) is 2.70. The Morgan fingerprint density at radius 1 is 0.810 bits per heavy atom. The molecule has 2 aromatic rings. The smallest absolute Gasteiger partial charge is 0.200 e. The maximum Gasteiger partial charge on any atom is 0.200 e. The minimum absolute atomic E-state index is 0.0497. The molecule has 0 aliphatic heterocycles. The van der Waals surface area contributed by atoms with Crippen LogP contribution in [0.3, 0.4) is 0 Å². The van der Waals surface area contributed by atoms with Crippen molar-refractivity contribution in [2.45, 2.75) is 20.4 Å². The SMILES string of the molecule is Cc1cccc(CNc2c(F)c(F)c(F)c(F)c2F)c1C. The van der Waals surface area contributed by atoms with Crippen LogP contribution in [-0.2, 0) is 6.54 Å². The number of nitrogens with one attached hydrogen (secondary N) is 1. The summed E-state index contributed by atoms with van der Waals surface area (Å²) in [7, 11) is 0. The molecule has 112 valence electrons. The van der Waals surface area contributed by atoms with Crippen molar-refractivity contribution in [3.05, 3.63) is 64.0 Å². The Kier molecular flexibility index (Phi) is 4.16. The van der Waals surface area contributed by atoms with Gasteiger partial charge in [0.25, 0.3) is 0 Å². The first kappa shape index (κ1) is 15.3. The van der Waals surface area contributed by atoms with E-state index in [-0.39, 0.29) is 6.54 Å². The number of rotatable bonds is 3. The number of aryl methyl sites for hydroxylation is 1. The first-order chi connectivity index (χ1) is 9.84. The maximum atomic E-state index is 13.5. The molecule has 0 heterocycles. The molecule has 0 fully saturated rings. The largest absolute Gasteiger partial charge is 0.376 e. The molecule has 2 aromatic carbocycles. The topological polar surface area (TPSA) is 12.0 Å². The van der Waals surface area contributed by atoms with Crippen LogP contribution in [0.1, 0.15) is 16.7 Å². The lowest BCUT2D eigenvalue weighted by Crippen LogP contribution is -2.10. The summed E-state index contributed by atoms with van der Waals surface area (Å²) in [5.41, 5.74) is 1.53. The zero-order valence-corrected chi connectivity index (χ0v) is 11.3. The zero-order chi connectivity index (χ0) is 15.7. The van der Waals surface area contributed by atoms with Gasteiger partial charge in [-0.3, -0.25) is 0 Å². The molecule has 0 aliphatic rings. The van der Waals surface area contributed by atoms with Crippen molar-refractivity contribution in [2.75, 3.05) is 5.32 Å². The normalized spacial score (nSPS) is 10.8. The Bertz CT molecular complexity index is 668. The minimum atomic E-state index is -2.16. The second kappa shape index (κ2) is 5.71. The predicted octanol–water partition coefficient (Wildman–Crippen LogP) is 4.61. The van der Waals surface area contributed by atoms with Gasteiger partial charge in [0.05, 0.1) is 0 Å². The molecule has 0 aromatic heterocycles. The van der Waals surface area contributed by atoms with Crippen LogP contribution in [0.2, 0.25) is 0 Å². The molecular weight excluding hydrogens is 289 g/mol. The second-order valence-corrected chi connectivity index (χ2v) is 4.66. The molecule has 0 aliphatic carbocycles. The molecule has 0 unspecified atom stereocenters. The second-order valence-electron chi connectivity index (χ2n) is 4.66. The third-order valence-corrected chi connectivity index (χ3v) is 3.38. The van der Waals surface area contributed by atoms with Crippen LogP contribution in [0.4, 0.5) is 27.6 Å². The van der Waals surface area contributed by atoms with Gasteiger partial charge in [-0.1, -0.05) is 18.2 Å². The quantitative estimate of drug-likeness (QED) is 0.496. The Morgan fingerprint density at radius 2 is 1.33 bits per heavy atom. The van der Waals surface area contributed by atoms with Crippen LogP contribution in [0.25, 0.3) is 0 Å². The van der Waals surface area contributed by atoms with Crippen molar-refractivity contribution in [2.24, 2.45) is 0 Å². The van der Waals surface area contributed by atoms with Gasteiger partial charge in [0.15, 0.2) is 23.3 Å². The Labute approximate surface area is 118 Å². The monoisotopic (exact) mass is 301 g/mol. The summed E-state index contributed by atoms with van der Waals surface area (Å²) < 4.78 is 66.1. The van der Waals surface area contributed by atoms with Crippen LogP contribution in [-0.4, -0.2) is 0 Å². The van der Waals surface area contributed by atoms with Crippen molar-refractivity contribution in [1.82, 2.24) is 0 Å². The van der Waals surface area contributed by atoms with E-state index >= 15 is 0 Å². The fraction of sp³-hybridized carbons (Fsp3) is 0.200. The van der Waals surface area contributed by atoms with E-state index in [4.69, 9.17) is 0 Å². The number of hydrogen-bond acceptors (Lipinski definition) is 1. The Morgan fingerprint density at radius 3 is 1.90 bits per heavy atom. The summed E-state index contributed by atoms with van der Waals surface area (Å²) in [6.45, 7) is 3.62. The highest BCUT2D eigenvalue weighted by Crippen LogP contribution is 2.27. The summed E-state index contributed by atoms with van der Waals surface area (Å²) in [6.07, 6.45) is 0. The lowest BCUT2D eigenvalue weighted by atomic mass is 10.0. The fourth-order valence-electron chi connectivity index (χ4n) is 1.95. The highest BCUT2D eigenvalue weighted by Gasteiger charge is 2.25. The summed E-state index contributed by atoms with van der Waals surface area (Å²) in [5.74, 6) is -9.81. The summed E-state index contributed by atoms with van der Waals surface area (Å²) in [4.78, 5) is 0. The molecule has 2 rings (SSSR count). The predicted molar refractivity (Wildman–Crippen MR) is 69.5 cm³/mol. The first-order valence-electron chi connectivity index (χ1n) is 6.15. The standard InChI is InChI=1S/C15H12F5N/c1-7-4-3-5-9(8(7)2)6-21-15-13(19)11(17)10(16)12(18)14(15)20/h3-5,21H,6H2,1-2H3. The van der Waals surface area contributed by atoms with Crippen LogP contribution >= 0.6 is 0 Å². The van der Waals surface area contributed by atoms with Crippen LogP contribution in [0.5, 0.6) is 0 Å². The van der Waals surface area contributed by atoms with E-state index in [1.807, 2.05) is 19.9 Å². The van der Waals surface area contributed by atoms with Crippen LogP contribution < -0.4 is 5.32 Å². The summed E-state index contributed by atoms with van der Waals surface area (Å²) >= 11 is 0. The van der Waals surface area contributed by atoms with Crippen molar-refractivity contribution in [3.8, 4) is 0 Å². The number of halogens is 5. The Hall–Kier alpha value is -2.11. The van der Waals surface area contributed by atoms with E-state index in [0.717, 1.165) is 11.1 Å². The number of hydrogen-bond donors (Lipinski definition) is 1. The maximum absolute atomic E-state index is 13.5. The molecule has 1 N–H and O–H groups in total. The summed E-state index contributed by atoms with van der Waals surface area (Å²) in [6, 6.07) is 5.32. The molecule has 0 atom stereocenters. The van der Waals surface area contributed by atoms with Crippen molar-refractivity contribution in [1.29, 1.82) is 0 Å². The third-order valence-electron chi connectivity index (χ3n) is 3.38. The zero-order valence-electron chi connectivity index (χ0n) is 11.3. The Balaban J connectivity index is 2.35. The van der Waals surface area contributed by atoms with Crippen molar-refractivity contribution in [3.63, 3.8) is 0 Å². The van der Waals surface area contributed by atoms with Gasteiger partial charge < -0.3 is 5.32 Å². The number of benzene rings is 2. The molecule has 21 heavy (non-hydrogen) atoms. The van der Waals surface area contributed by atoms with E-state index in [0.29, 0.717) is 5.56 Å². The van der Waals surface area contributed by atoms with E-state index in [2.05, 4.69) is 5.32 Å². The van der Waals surface area contributed by atoms with Crippen molar-refractivity contribution >= 4 is 5.69 Å². The van der Waals surface area contributed by atoms with E-state index < -0.39 is 34.8 Å². The lowest BCUT2D eigenvalue weighted by Gasteiger charge is -2.13. The van der Waals surface area contributed by atoms with Crippen LogP contribution in [0, 0.1) is 42.9 Å². The molecule has 0 radical (unpaired) electrons. The lowest BCUT2D eigenvalue weighted by molar-refractivity contribution is 0.381. The van der Waals surface area contributed by atoms with Gasteiger partial charge in [0.2, 0.25) is 5.82 Å². The van der Waals surface area contributed by atoms with E-state index in [1.54, 1.807) is 12.1 Å². The van der Waals surface area contributed by atoms with Gasteiger partial charge in [0.1, 0.15) is 5.69 Å². The molecule has 0 saturated heterocycles. The van der Waals surface area contributed by atoms with Crippen molar-refractivity contribution < 1.29 is 22.0 Å². The average Bonchev–Trinajstić information content (AvgIpc) is 2.47. The summed E-state index contributed by atoms with van der Waals surface area (Å²) in [5, 5.41) is 2.28. The minimum Gasteiger partial charge on any atom is -0.376 e. The molecule has 0 spiro atoms. The van der Waals surface area contributed by atoms with Gasteiger partial charge in [-0.25, -0.2) is 22.0 Å². The first-order valence-corrected chi connectivity index (χ1v) is 6.15. The highest BCUT2D eigenvalue weighted by molar-refractivity contribution is 5.49. The highest BCUT2D eigenvalue weighted by atomic mass is 19.2. The molecule has 0 bridgehead atoms. The van der Waals surface area contributed by atoms with Gasteiger partial charge in [-0.2, -0.15) is 0 Å². The number of anilines is 1. The van der Waals surface area contributed by atoms with E-state index in [1.165, 1.54) is 0 Å². The average molecular weight is 301 g/mol. The molecule has 6 heteroatoms. The molecule has 1 nitrogen and oxygen atoms in total. The molecule has 0 amide bonds. The fourth-order valence-corrected chi connectivity index (χ4v) is 1.95. The molecular formula is C15H12F5N. The van der Waals surface area contributed by atoms with E-state index in [9.17, 15) is 22.0 Å². The van der Waals surface area contributed by atoms with Gasteiger partial charge >= 0.3 is 0 Å². The van der Waals surface area contributed by atoms with Gasteiger partial charge in [0, 0.05) is 6.54 Å². The van der Waals surface area contributed by atoms with Gasteiger partial charge in [-0.15, -0.1) is 0 Å².